The Morgan fingerprint density at radius 3 is 2.48 bits per heavy atom. The smallest absolute Gasteiger partial charge is 0.407 e. The summed E-state index contributed by atoms with van der Waals surface area (Å²) in [6.07, 6.45) is 2.77. The Labute approximate surface area is 161 Å². The van der Waals surface area contributed by atoms with Crippen LogP contribution in [0.5, 0.6) is 5.75 Å². The second-order valence-corrected chi connectivity index (χ2v) is 6.78. The van der Waals surface area contributed by atoms with Crippen LogP contribution in [0.1, 0.15) is 24.0 Å². The molecular weight excluding hydrogens is 340 g/mol. The zero-order valence-electron chi connectivity index (χ0n) is 15.7. The molecule has 1 fully saturated rings. The van der Waals surface area contributed by atoms with E-state index in [1.165, 1.54) is 19.5 Å². The minimum Gasteiger partial charge on any atom is -0.494 e. The van der Waals surface area contributed by atoms with Crippen molar-refractivity contribution < 1.29 is 14.3 Å². The molecule has 1 N–H and O–H groups in total. The molecule has 0 atom stereocenters. The number of hydrogen-bond donors (Lipinski definition) is 1. The van der Waals surface area contributed by atoms with Crippen LogP contribution in [0.15, 0.2) is 54.6 Å². The predicted octanol–water partition coefficient (Wildman–Crippen LogP) is 3.63. The maximum Gasteiger partial charge on any atom is 0.407 e. The molecule has 1 aliphatic rings. The van der Waals surface area contributed by atoms with Gasteiger partial charge in [-0.2, -0.15) is 0 Å². The van der Waals surface area contributed by atoms with Gasteiger partial charge in [-0.1, -0.05) is 42.5 Å². The number of benzene rings is 2. The third-order valence-corrected chi connectivity index (χ3v) is 4.66. The van der Waals surface area contributed by atoms with Gasteiger partial charge in [0.05, 0.1) is 6.61 Å². The van der Waals surface area contributed by atoms with E-state index in [-0.39, 0.29) is 12.7 Å². The van der Waals surface area contributed by atoms with Crippen LogP contribution >= 0.6 is 0 Å². The fourth-order valence-corrected chi connectivity index (χ4v) is 2.92. The second kappa shape index (κ2) is 10.6. The summed E-state index contributed by atoms with van der Waals surface area (Å²) in [5.74, 6) is 0.901. The van der Waals surface area contributed by atoms with Crippen molar-refractivity contribution >= 4 is 6.09 Å². The molecule has 0 aromatic heterocycles. The number of hydrogen-bond acceptors (Lipinski definition) is 4. The maximum absolute atomic E-state index is 11.7. The summed E-state index contributed by atoms with van der Waals surface area (Å²) < 4.78 is 11.0. The van der Waals surface area contributed by atoms with Crippen LogP contribution in [0.4, 0.5) is 4.79 Å². The van der Waals surface area contributed by atoms with Crippen molar-refractivity contribution in [2.45, 2.75) is 25.9 Å². The molecule has 5 nitrogen and oxygen atoms in total. The van der Waals surface area contributed by atoms with Gasteiger partial charge < -0.3 is 19.7 Å². The van der Waals surface area contributed by atoms with E-state index in [0.29, 0.717) is 6.54 Å². The van der Waals surface area contributed by atoms with E-state index in [9.17, 15) is 4.79 Å². The van der Waals surface area contributed by atoms with Crippen molar-refractivity contribution in [2.24, 2.45) is 0 Å². The number of ether oxygens (including phenoxy) is 2. The lowest BCUT2D eigenvalue weighted by atomic mass is 10.1. The zero-order valence-corrected chi connectivity index (χ0v) is 15.7. The summed E-state index contributed by atoms with van der Waals surface area (Å²) in [6, 6.07) is 17.7. The van der Waals surface area contributed by atoms with Crippen LogP contribution in [0, 0.1) is 0 Å². The molecule has 0 saturated carbocycles. The highest BCUT2D eigenvalue weighted by atomic mass is 16.5. The first kappa shape index (κ1) is 19.2. The summed E-state index contributed by atoms with van der Waals surface area (Å²) in [6.45, 7) is 5.19. The predicted molar refractivity (Wildman–Crippen MR) is 106 cm³/mol. The first-order valence-corrected chi connectivity index (χ1v) is 9.68. The summed E-state index contributed by atoms with van der Waals surface area (Å²) in [7, 11) is 0. The quantitative estimate of drug-likeness (QED) is 0.651. The standard InChI is InChI=1S/C22H28N2O3/c25-22(27-18-20-6-2-1-3-7-20)23-13-12-19-8-10-21(11-9-19)26-17-5-16-24-14-4-15-24/h1-3,6-11H,4-5,12-18H2,(H,23,25). The van der Waals surface area contributed by atoms with Crippen LogP contribution in [0.3, 0.4) is 0 Å². The van der Waals surface area contributed by atoms with Crippen molar-refractivity contribution in [3.05, 3.63) is 65.7 Å². The molecule has 2 aromatic rings. The van der Waals surface area contributed by atoms with Crippen molar-refractivity contribution in [1.82, 2.24) is 10.2 Å². The average Bonchev–Trinajstić information content (AvgIpc) is 2.67. The van der Waals surface area contributed by atoms with E-state index in [1.807, 2.05) is 54.6 Å². The van der Waals surface area contributed by atoms with Gasteiger partial charge in [-0.05, 0) is 55.6 Å². The monoisotopic (exact) mass is 368 g/mol. The topological polar surface area (TPSA) is 50.8 Å². The lowest BCUT2D eigenvalue weighted by molar-refractivity contribution is 0.140. The molecule has 27 heavy (non-hydrogen) atoms. The van der Waals surface area contributed by atoms with Gasteiger partial charge in [0.1, 0.15) is 12.4 Å². The van der Waals surface area contributed by atoms with E-state index in [4.69, 9.17) is 9.47 Å². The molecule has 5 heteroatoms. The van der Waals surface area contributed by atoms with Gasteiger partial charge in [-0.15, -0.1) is 0 Å². The van der Waals surface area contributed by atoms with Gasteiger partial charge in [-0.25, -0.2) is 4.79 Å². The SMILES string of the molecule is O=C(NCCc1ccc(OCCCN2CCC2)cc1)OCc1ccccc1. The van der Waals surface area contributed by atoms with Gasteiger partial charge in [0.2, 0.25) is 0 Å². The third-order valence-electron chi connectivity index (χ3n) is 4.66. The zero-order chi connectivity index (χ0) is 18.7. The normalized spacial score (nSPS) is 13.6. The highest BCUT2D eigenvalue weighted by Crippen LogP contribution is 2.13. The molecule has 0 bridgehead atoms. The van der Waals surface area contributed by atoms with Crippen molar-refractivity contribution in [1.29, 1.82) is 0 Å². The number of amides is 1. The van der Waals surface area contributed by atoms with E-state index < -0.39 is 0 Å². The molecule has 3 rings (SSSR count). The Balaban J connectivity index is 1.27. The molecule has 0 radical (unpaired) electrons. The molecule has 144 valence electrons. The van der Waals surface area contributed by atoms with Crippen LogP contribution in [0.25, 0.3) is 0 Å². The van der Waals surface area contributed by atoms with Crippen LogP contribution in [0.2, 0.25) is 0 Å². The number of alkyl carbamates (subject to hydrolysis) is 1. The number of nitrogens with zero attached hydrogens (tertiary/aromatic N) is 1. The molecule has 1 amide bonds. The lowest BCUT2D eigenvalue weighted by Gasteiger charge is -2.30. The Kier molecular flexibility index (Phi) is 7.54. The summed E-state index contributed by atoms with van der Waals surface area (Å²) >= 11 is 0. The highest BCUT2D eigenvalue weighted by molar-refractivity contribution is 5.67. The summed E-state index contributed by atoms with van der Waals surface area (Å²) in [5.41, 5.74) is 2.14. The molecule has 1 saturated heterocycles. The van der Waals surface area contributed by atoms with E-state index in [2.05, 4.69) is 10.2 Å². The van der Waals surface area contributed by atoms with Gasteiger partial charge >= 0.3 is 6.09 Å². The largest absolute Gasteiger partial charge is 0.494 e. The van der Waals surface area contributed by atoms with Gasteiger partial charge in [0.25, 0.3) is 0 Å². The van der Waals surface area contributed by atoms with E-state index >= 15 is 0 Å². The van der Waals surface area contributed by atoms with Gasteiger partial charge in [0, 0.05) is 13.1 Å². The molecule has 0 unspecified atom stereocenters. The number of likely N-dealkylation sites (tertiary alicyclic amines) is 1. The first-order chi connectivity index (χ1) is 13.3. The Morgan fingerprint density at radius 2 is 1.78 bits per heavy atom. The van der Waals surface area contributed by atoms with E-state index in [0.717, 1.165) is 42.9 Å². The van der Waals surface area contributed by atoms with Gasteiger partial charge in [-0.3, -0.25) is 0 Å². The fourth-order valence-electron chi connectivity index (χ4n) is 2.92. The van der Waals surface area contributed by atoms with Crippen LogP contribution < -0.4 is 10.1 Å². The Morgan fingerprint density at radius 1 is 1.00 bits per heavy atom. The summed E-state index contributed by atoms with van der Waals surface area (Å²) in [4.78, 5) is 14.2. The Hall–Kier alpha value is -2.53. The number of rotatable bonds is 10. The van der Waals surface area contributed by atoms with E-state index in [1.54, 1.807) is 0 Å². The number of nitrogens with one attached hydrogen (secondary N) is 1. The first-order valence-electron chi connectivity index (χ1n) is 9.68. The van der Waals surface area contributed by atoms with Crippen molar-refractivity contribution in [2.75, 3.05) is 32.8 Å². The Bertz CT molecular complexity index is 684. The molecule has 2 aromatic carbocycles. The maximum atomic E-state index is 11.7. The third kappa shape index (κ3) is 6.94. The number of carbonyl (C=O) groups is 1. The molecule has 1 heterocycles. The summed E-state index contributed by atoms with van der Waals surface area (Å²) in [5, 5.41) is 2.78. The van der Waals surface area contributed by atoms with Crippen molar-refractivity contribution in [3.63, 3.8) is 0 Å². The van der Waals surface area contributed by atoms with Crippen LogP contribution in [-0.2, 0) is 17.8 Å². The number of carbonyl (C=O) groups excluding carboxylic acids is 1. The molecule has 1 aliphatic heterocycles. The minimum absolute atomic E-state index is 0.288. The molecule has 0 aliphatic carbocycles. The van der Waals surface area contributed by atoms with Crippen LogP contribution in [-0.4, -0.2) is 43.8 Å². The molecule has 0 spiro atoms. The highest BCUT2D eigenvalue weighted by Gasteiger charge is 2.12. The molecular formula is C22H28N2O3. The minimum atomic E-state index is -0.388. The average molecular weight is 368 g/mol. The second-order valence-electron chi connectivity index (χ2n) is 6.78. The van der Waals surface area contributed by atoms with Gasteiger partial charge in [0.15, 0.2) is 0 Å². The van der Waals surface area contributed by atoms with Crippen molar-refractivity contribution in [3.8, 4) is 5.75 Å². The fraction of sp³-hybridized carbons (Fsp3) is 0.409. The lowest BCUT2D eigenvalue weighted by Crippen LogP contribution is -2.38.